The highest BCUT2D eigenvalue weighted by molar-refractivity contribution is 7.25. The second kappa shape index (κ2) is 17.9. The molecule has 18 rings (SSSR count). The van der Waals surface area contributed by atoms with Crippen LogP contribution in [0.1, 0.15) is 0 Å². The van der Waals surface area contributed by atoms with E-state index in [1.54, 1.807) is 0 Å². The van der Waals surface area contributed by atoms with Crippen molar-refractivity contribution in [2.45, 2.75) is 0 Å². The lowest BCUT2D eigenvalue weighted by Crippen LogP contribution is -2.10. The third-order valence-corrected chi connectivity index (χ3v) is 18.5. The molecule has 14 aromatic carbocycles. The first kappa shape index (κ1) is 46.1. The van der Waals surface area contributed by atoms with Crippen LogP contribution >= 0.6 is 11.3 Å². The fourth-order valence-corrected chi connectivity index (χ4v) is 14.5. The zero-order valence-corrected chi connectivity index (χ0v) is 45.5. The third-order valence-electron chi connectivity index (χ3n) is 17.3. The monoisotopic (exact) mass is 1070 g/mol. The number of hydrogen-bond acceptors (Lipinski definition) is 4. The van der Waals surface area contributed by atoms with Crippen LogP contribution in [0.4, 0.5) is 17.1 Å². The summed E-state index contributed by atoms with van der Waals surface area (Å²) in [5, 5.41) is 16.5. The Morgan fingerprint density at radius 3 is 1.67 bits per heavy atom. The van der Waals surface area contributed by atoms with E-state index >= 15 is 0 Å². The van der Waals surface area contributed by atoms with Gasteiger partial charge in [0, 0.05) is 92.6 Å². The number of para-hydroxylation sites is 2. The number of nitrogens with zero attached hydrogens (tertiary/aromatic N) is 2. The predicted octanol–water partition coefficient (Wildman–Crippen LogP) is 22.9. The van der Waals surface area contributed by atoms with Crippen LogP contribution in [0.15, 0.2) is 288 Å². The number of furan rings is 2. The molecule has 0 saturated carbocycles. The topological polar surface area (TPSA) is 34.5 Å². The summed E-state index contributed by atoms with van der Waals surface area (Å²) in [6, 6.07) is 102. The lowest BCUT2D eigenvalue weighted by molar-refractivity contribution is 0.669. The molecule has 0 aliphatic carbocycles. The first-order chi connectivity index (χ1) is 41.1. The number of anilines is 3. The van der Waals surface area contributed by atoms with Crippen molar-refractivity contribution < 1.29 is 8.83 Å². The van der Waals surface area contributed by atoms with E-state index in [-0.39, 0.29) is 0 Å². The molecule has 4 heterocycles. The molecule has 0 amide bonds. The summed E-state index contributed by atoms with van der Waals surface area (Å²) >= 11 is 1.85. The van der Waals surface area contributed by atoms with E-state index < -0.39 is 0 Å². The van der Waals surface area contributed by atoms with Gasteiger partial charge in [-0.15, -0.1) is 11.3 Å². The fraction of sp³-hybridized carbons (Fsp3) is 0. The first-order valence-electron chi connectivity index (χ1n) is 28.3. The number of benzene rings is 14. The van der Waals surface area contributed by atoms with Gasteiger partial charge in [0.15, 0.2) is 0 Å². The Bertz CT molecular complexity index is 5720. The van der Waals surface area contributed by atoms with E-state index in [4.69, 9.17) is 8.83 Å². The predicted molar refractivity (Wildman–Crippen MR) is 352 cm³/mol. The summed E-state index contributed by atoms with van der Waals surface area (Å²) in [5.41, 5.74) is 16.8. The minimum absolute atomic E-state index is 0.813. The molecule has 0 aliphatic rings. The van der Waals surface area contributed by atoms with Gasteiger partial charge in [0.2, 0.25) is 0 Å². The van der Waals surface area contributed by atoms with Gasteiger partial charge in [-0.25, -0.2) is 0 Å². The van der Waals surface area contributed by atoms with Gasteiger partial charge in [-0.05, 0) is 158 Å². The molecule has 0 saturated heterocycles. The number of fused-ring (bicyclic) bond motifs is 16. The molecule has 4 nitrogen and oxygen atoms in total. The van der Waals surface area contributed by atoms with Gasteiger partial charge in [-0.2, -0.15) is 0 Å². The van der Waals surface area contributed by atoms with E-state index in [9.17, 15) is 0 Å². The number of hydrogen-bond donors (Lipinski definition) is 0. The summed E-state index contributed by atoms with van der Waals surface area (Å²) in [6.07, 6.45) is 0. The van der Waals surface area contributed by atoms with Gasteiger partial charge in [0.05, 0.1) is 16.7 Å². The summed E-state index contributed by atoms with van der Waals surface area (Å²) < 4.78 is 18.9. The highest BCUT2D eigenvalue weighted by atomic mass is 32.1. The third kappa shape index (κ3) is 7.18. The Kier molecular flexibility index (Phi) is 9.93. The molecule has 0 aliphatic heterocycles. The van der Waals surface area contributed by atoms with Gasteiger partial charge < -0.3 is 18.3 Å². The molecule has 0 radical (unpaired) electrons. The Labute approximate surface area is 480 Å². The smallest absolute Gasteiger partial charge is 0.137 e. The van der Waals surface area contributed by atoms with Crippen LogP contribution in [0.2, 0.25) is 0 Å². The highest BCUT2D eigenvalue weighted by Gasteiger charge is 2.23. The van der Waals surface area contributed by atoms with Crippen molar-refractivity contribution in [2.75, 3.05) is 4.90 Å². The Morgan fingerprint density at radius 2 is 0.855 bits per heavy atom. The number of thiophene rings is 1. The highest BCUT2D eigenvalue weighted by Crippen LogP contribution is 2.47. The van der Waals surface area contributed by atoms with E-state index in [0.29, 0.717) is 0 Å². The molecule has 5 heteroatoms. The maximum Gasteiger partial charge on any atom is 0.137 e. The largest absolute Gasteiger partial charge is 0.456 e. The van der Waals surface area contributed by atoms with Crippen molar-refractivity contribution >= 4 is 147 Å². The quantitative estimate of drug-likeness (QED) is 0.149. The SMILES string of the molecule is c1ccc(-n2c3ccc(-c4ccc5ccccc5c4)cc3c3cccc(-c4ccc5c(c4)oc4cc(N(c6ccc7c(c6)oc6ccc(-c8ccc9sc%10ccccc%10c9c8)cc67)c6cc7ccccc7c7ccccc67)ccc45)c32)cc1. The molecule has 386 valence electrons. The van der Waals surface area contributed by atoms with Gasteiger partial charge in [0.1, 0.15) is 22.3 Å². The molecule has 0 atom stereocenters. The average molecular weight is 1080 g/mol. The normalized spacial score (nSPS) is 12.1. The number of aromatic nitrogens is 1. The molecular weight excluding hydrogens is 1030 g/mol. The van der Waals surface area contributed by atoms with Crippen molar-refractivity contribution in [3.8, 4) is 39.1 Å². The van der Waals surface area contributed by atoms with Crippen LogP contribution in [0.25, 0.3) is 157 Å². The molecule has 0 fully saturated rings. The van der Waals surface area contributed by atoms with Crippen LogP contribution in [-0.4, -0.2) is 4.57 Å². The maximum absolute atomic E-state index is 7.06. The van der Waals surface area contributed by atoms with E-state index in [1.807, 2.05) is 11.3 Å². The van der Waals surface area contributed by atoms with E-state index in [0.717, 1.165) is 99.7 Å². The van der Waals surface area contributed by atoms with Gasteiger partial charge in [-0.3, -0.25) is 0 Å². The Morgan fingerprint density at radius 1 is 0.289 bits per heavy atom. The molecule has 4 aromatic heterocycles. The molecule has 0 unspecified atom stereocenters. The maximum atomic E-state index is 7.06. The second-order valence-electron chi connectivity index (χ2n) is 22.0. The van der Waals surface area contributed by atoms with Crippen LogP contribution in [0, 0.1) is 0 Å². The first-order valence-corrected chi connectivity index (χ1v) is 29.1. The molecule has 0 spiro atoms. The summed E-state index contributed by atoms with van der Waals surface area (Å²) in [4.78, 5) is 2.37. The van der Waals surface area contributed by atoms with Crippen molar-refractivity contribution in [1.82, 2.24) is 4.57 Å². The minimum atomic E-state index is 0.813. The molecule has 18 aromatic rings. The van der Waals surface area contributed by atoms with Gasteiger partial charge >= 0.3 is 0 Å². The summed E-state index contributed by atoms with van der Waals surface area (Å²) in [6.45, 7) is 0. The average Bonchev–Trinajstić information content (AvgIpc) is 3.70. The Hall–Kier alpha value is -10.7. The second-order valence-corrected chi connectivity index (χ2v) is 23.0. The summed E-state index contributed by atoms with van der Waals surface area (Å²) in [5.74, 6) is 0. The van der Waals surface area contributed by atoms with Crippen LogP contribution in [0.3, 0.4) is 0 Å². The van der Waals surface area contributed by atoms with Crippen LogP contribution in [-0.2, 0) is 0 Å². The minimum Gasteiger partial charge on any atom is -0.456 e. The molecule has 0 N–H and O–H groups in total. The van der Waals surface area contributed by atoms with Crippen molar-refractivity contribution in [2.24, 2.45) is 0 Å². The van der Waals surface area contributed by atoms with Gasteiger partial charge in [-0.1, -0.05) is 164 Å². The molecular formula is C78H46N2O2S. The standard InChI is InChI=1S/C78H46N2O2S/c1-2-16-55(17-3-1)80-70-36-28-50(49-26-25-47-13-4-5-14-48(47)39-49)40-67(70)66-23-12-22-59(78(66)80)54-27-33-62-63-34-31-56(45-74(63)82-73(62)44-54)79(71-43-53-15-6-7-18-58(53)60-19-8-9-20-61(60)71)57-32-35-64-68-41-51(29-37-72(68)81-75(64)46-57)52-30-38-77-69(42-52)65-21-10-11-24-76(65)83-77/h1-46H. The van der Waals surface area contributed by atoms with E-state index in [2.05, 4.69) is 289 Å². The zero-order valence-electron chi connectivity index (χ0n) is 44.7. The van der Waals surface area contributed by atoms with E-state index in [1.165, 1.54) is 74.6 Å². The number of rotatable bonds is 7. The lowest BCUT2D eigenvalue weighted by Gasteiger charge is -2.27. The van der Waals surface area contributed by atoms with Crippen LogP contribution < -0.4 is 4.90 Å². The van der Waals surface area contributed by atoms with Crippen molar-refractivity contribution in [1.29, 1.82) is 0 Å². The van der Waals surface area contributed by atoms with Crippen LogP contribution in [0.5, 0.6) is 0 Å². The fourth-order valence-electron chi connectivity index (χ4n) is 13.4. The van der Waals surface area contributed by atoms with Crippen molar-refractivity contribution in [3.05, 3.63) is 279 Å². The summed E-state index contributed by atoms with van der Waals surface area (Å²) in [7, 11) is 0. The Balaban J connectivity index is 0.777. The molecule has 0 bridgehead atoms. The zero-order chi connectivity index (χ0) is 54.3. The van der Waals surface area contributed by atoms with Gasteiger partial charge in [0.25, 0.3) is 0 Å². The van der Waals surface area contributed by atoms with Crippen molar-refractivity contribution in [3.63, 3.8) is 0 Å². The lowest BCUT2D eigenvalue weighted by atomic mass is 9.98. The molecule has 83 heavy (non-hydrogen) atoms.